The van der Waals surface area contributed by atoms with Gasteiger partial charge in [0.1, 0.15) is 0 Å². The Morgan fingerprint density at radius 3 is 3.00 bits per heavy atom. The quantitative estimate of drug-likeness (QED) is 0.907. The van der Waals surface area contributed by atoms with Gasteiger partial charge in [-0.2, -0.15) is 0 Å². The third-order valence-electron chi connectivity index (χ3n) is 4.77. The molecule has 2 unspecified atom stereocenters. The van der Waals surface area contributed by atoms with Crippen LogP contribution < -0.4 is 0 Å². The van der Waals surface area contributed by atoms with Crippen LogP contribution in [-0.2, 0) is 6.54 Å². The summed E-state index contributed by atoms with van der Waals surface area (Å²) < 4.78 is 0. The Kier molecular flexibility index (Phi) is 4.23. The van der Waals surface area contributed by atoms with Gasteiger partial charge in [0.15, 0.2) is 0 Å². The van der Waals surface area contributed by atoms with E-state index in [0.717, 1.165) is 51.0 Å². The molecule has 3 rings (SSSR count). The Hall–Kier alpha value is -0.350. The van der Waals surface area contributed by atoms with Crippen LogP contribution >= 0.6 is 23.2 Å². The first-order valence-electron chi connectivity index (χ1n) is 7.31. The number of nitrogens with zero attached hydrogens (tertiary/aromatic N) is 2. The highest BCUT2D eigenvalue weighted by Crippen LogP contribution is 2.40. The minimum absolute atomic E-state index is 0.399. The van der Waals surface area contributed by atoms with Gasteiger partial charge in [-0.15, -0.1) is 0 Å². The maximum atomic E-state index is 10.7. The number of piperidine rings is 1. The largest absolute Gasteiger partial charge is 0.390 e. The number of aliphatic hydroxyl groups is 1. The third-order valence-corrected chi connectivity index (χ3v) is 5.30. The van der Waals surface area contributed by atoms with Crippen LogP contribution in [0.5, 0.6) is 0 Å². The number of likely N-dealkylation sites (tertiary alicyclic amines) is 1. The number of fused-ring (bicyclic) bond motifs is 1. The number of halogens is 2. The number of hydrogen-bond acceptors (Lipinski definition) is 3. The average molecular weight is 315 g/mol. The zero-order valence-corrected chi connectivity index (χ0v) is 13.0. The molecule has 2 atom stereocenters. The van der Waals surface area contributed by atoms with Crippen LogP contribution in [0.4, 0.5) is 0 Å². The van der Waals surface area contributed by atoms with E-state index in [1.54, 1.807) is 12.3 Å². The van der Waals surface area contributed by atoms with Gasteiger partial charge >= 0.3 is 0 Å². The molecule has 20 heavy (non-hydrogen) atoms. The Labute approximate surface area is 129 Å². The molecule has 0 spiro atoms. The number of aromatic nitrogens is 1. The predicted molar refractivity (Wildman–Crippen MR) is 81.1 cm³/mol. The molecule has 0 radical (unpaired) electrons. The topological polar surface area (TPSA) is 36.4 Å². The molecule has 1 aliphatic heterocycles. The zero-order valence-electron chi connectivity index (χ0n) is 11.5. The Morgan fingerprint density at radius 1 is 1.35 bits per heavy atom. The van der Waals surface area contributed by atoms with Crippen LogP contribution in [0.3, 0.4) is 0 Å². The molecular formula is C15H20Cl2N2O. The Balaban J connectivity index is 1.67. The van der Waals surface area contributed by atoms with Crippen molar-refractivity contribution in [3.05, 3.63) is 28.0 Å². The molecule has 1 N–H and O–H groups in total. The first kappa shape index (κ1) is 14.6. The van der Waals surface area contributed by atoms with Crippen LogP contribution in [0.1, 0.15) is 37.8 Å². The highest BCUT2D eigenvalue weighted by Gasteiger charge is 2.42. The van der Waals surface area contributed by atoms with Crippen LogP contribution in [-0.4, -0.2) is 33.7 Å². The molecule has 0 bridgehead atoms. The third kappa shape index (κ3) is 2.96. The average Bonchev–Trinajstić information content (AvgIpc) is 2.42. The van der Waals surface area contributed by atoms with Gasteiger partial charge in [-0.25, -0.2) is 0 Å². The van der Waals surface area contributed by atoms with Crippen LogP contribution in [0.2, 0.25) is 10.0 Å². The normalized spacial score (nSPS) is 31.1. The lowest BCUT2D eigenvalue weighted by Gasteiger charge is -2.47. The van der Waals surface area contributed by atoms with Gasteiger partial charge in [-0.1, -0.05) is 36.0 Å². The summed E-state index contributed by atoms with van der Waals surface area (Å²) in [6.45, 7) is 2.59. The standard InChI is InChI=1S/C15H20Cl2N2O/c16-12-7-13(17)14(18-8-12)10-19-6-5-15(20)4-2-1-3-11(15)9-19/h7-8,11,20H,1-6,9-10H2. The predicted octanol–water partition coefficient (Wildman–Crippen LogP) is 3.52. The van der Waals surface area contributed by atoms with E-state index in [2.05, 4.69) is 9.88 Å². The van der Waals surface area contributed by atoms with Gasteiger partial charge in [0.2, 0.25) is 0 Å². The zero-order chi connectivity index (χ0) is 14.2. The van der Waals surface area contributed by atoms with Gasteiger partial charge < -0.3 is 5.11 Å². The van der Waals surface area contributed by atoms with E-state index in [-0.39, 0.29) is 0 Å². The number of pyridine rings is 1. The van der Waals surface area contributed by atoms with E-state index < -0.39 is 5.60 Å². The number of hydrogen-bond donors (Lipinski definition) is 1. The Morgan fingerprint density at radius 2 is 2.20 bits per heavy atom. The van der Waals surface area contributed by atoms with Gasteiger partial charge in [0, 0.05) is 31.7 Å². The summed E-state index contributed by atoms with van der Waals surface area (Å²) >= 11 is 12.1. The molecule has 1 aliphatic carbocycles. The van der Waals surface area contributed by atoms with Crippen molar-refractivity contribution in [2.45, 2.75) is 44.2 Å². The molecule has 1 aromatic heterocycles. The smallest absolute Gasteiger partial charge is 0.0730 e. The summed E-state index contributed by atoms with van der Waals surface area (Å²) in [6, 6.07) is 1.74. The van der Waals surface area contributed by atoms with Crippen molar-refractivity contribution >= 4 is 23.2 Å². The fourth-order valence-corrected chi connectivity index (χ4v) is 3.99. The molecule has 3 nitrogen and oxygen atoms in total. The fourth-order valence-electron chi connectivity index (χ4n) is 3.55. The van der Waals surface area contributed by atoms with Crippen molar-refractivity contribution in [1.29, 1.82) is 0 Å². The summed E-state index contributed by atoms with van der Waals surface area (Å²) in [5.41, 5.74) is 0.448. The van der Waals surface area contributed by atoms with Gasteiger partial charge in [0.05, 0.1) is 21.3 Å². The maximum absolute atomic E-state index is 10.7. The van der Waals surface area contributed by atoms with E-state index in [1.807, 2.05) is 0 Å². The fraction of sp³-hybridized carbons (Fsp3) is 0.667. The van der Waals surface area contributed by atoms with Crippen LogP contribution in [0.25, 0.3) is 0 Å². The second kappa shape index (κ2) is 5.80. The second-order valence-electron chi connectivity index (χ2n) is 6.11. The SMILES string of the molecule is OC12CCCCC1CN(Cc1ncc(Cl)cc1Cl)CC2. The van der Waals surface area contributed by atoms with E-state index >= 15 is 0 Å². The van der Waals surface area contributed by atoms with Crippen molar-refractivity contribution in [2.75, 3.05) is 13.1 Å². The lowest BCUT2D eigenvalue weighted by Crippen LogP contribution is -2.53. The summed E-state index contributed by atoms with van der Waals surface area (Å²) in [6.07, 6.45) is 7.01. The minimum Gasteiger partial charge on any atom is -0.390 e. The van der Waals surface area contributed by atoms with Crippen LogP contribution in [0.15, 0.2) is 12.3 Å². The van der Waals surface area contributed by atoms with E-state index in [0.29, 0.717) is 16.0 Å². The van der Waals surface area contributed by atoms with Crippen LogP contribution in [0, 0.1) is 5.92 Å². The van der Waals surface area contributed by atoms with Crippen molar-refractivity contribution < 1.29 is 5.11 Å². The molecule has 110 valence electrons. The molecule has 0 amide bonds. The first-order chi connectivity index (χ1) is 9.57. The molecule has 0 aromatic carbocycles. The Bertz CT molecular complexity index is 497. The number of rotatable bonds is 2. The van der Waals surface area contributed by atoms with E-state index in [4.69, 9.17) is 23.2 Å². The molecule has 5 heteroatoms. The van der Waals surface area contributed by atoms with Gasteiger partial charge in [-0.3, -0.25) is 9.88 Å². The van der Waals surface area contributed by atoms with E-state index in [1.165, 1.54) is 6.42 Å². The summed E-state index contributed by atoms with van der Waals surface area (Å²) in [4.78, 5) is 6.68. The molecule has 1 saturated carbocycles. The van der Waals surface area contributed by atoms with Crippen molar-refractivity contribution in [3.63, 3.8) is 0 Å². The monoisotopic (exact) mass is 314 g/mol. The summed E-state index contributed by atoms with van der Waals surface area (Å²) in [5, 5.41) is 11.9. The molecule has 2 heterocycles. The maximum Gasteiger partial charge on any atom is 0.0730 e. The first-order valence-corrected chi connectivity index (χ1v) is 8.07. The van der Waals surface area contributed by atoms with Crippen molar-refractivity contribution in [1.82, 2.24) is 9.88 Å². The van der Waals surface area contributed by atoms with Crippen molar-refractivity contribution in [2.24, 2.45) is 5.92 Å². The highest BCUT2D eigenvalue weighted by atomic mass is 35.5. The minimum atomic E-state index is -0.425. The van der Waals surface area contributed by atoms with E-state index in [9.17, 15) is 5.11 Å². The molecule has 2 fully saturated rings. The summed E-state index contributed by atoms with van der Waals surface area (Å²) in [7, 11) is 0. The lowest BCUT2D eigenvalue weighted by atomic mass is 9.71. The highest BCUT2D eigenvalue weighted by molar-refractivity contribution is 6.34. The van der Waals surface area contributed by atoms with Gasteiger partial charge in [0.25, 0.3) is 0 Å². The lowest BCUT2D eigenvalue weighted by molar-refractivity contribution is -0.0969. The molecule has 1 aromatic rings. The second-order valence-corrected chi connectivity index (χ2v) is 6.96. The van der Waals surface area contributed by atoms with Gasteiger partial charge in [-0.05, 0) is 25.3 Å². The summed E-state index contributed by atoms with van der Waals surface area (Å²) in [5.74, 6) is 0.399. The van der Waals surface area contributed by atoms with Crippen molar-refractivity contribution in [3.8, 4) is 0 Å². The molecular weight excluding hydrogens is 295 g/mol. The molecule has 2 aliphatic rings. The molecule has 1 saturated heterocycles.